The summed E-state index contributed by atoms with van der Waals surface area (Å²) in [6, 6.07) is 11.7. The molecule has 2 aromatic rings. The van der Waals surface area contributed by atoms with Crippen molar-refractivity contribution < 1.29 is 14.8 Å². The van der Waals surface area contributed by atoms with Crippen LogP contribution in [0.4, 0.5) is 5.69 Å². The van der Waals surface area contributed by atoms with E-state index in [4.69, 9.17) is 4.74 Å². The van der Waals surface area contributed by atoms with Gasteiger partial charge < -0.3 is 9.84 Å². The number of benzene rings is 2. The number of aliphatic hydroxyl groups is 1. The highest BCUT2D eigenvalue weighted by molar-refractivity contribution is 9.10. The fourth-order valence-corrected chi connectivity index (χ4v) is 2.27. The molecule has 0 saturated carbocycles. The summed E-state index contributed by atoms with van der Waals surface area (Å²) in [6.45, 7) is 1.97. The SMILES string of the molecule is C[C@H](O)c1cccc(OCc2ccc([N+](=O)[O-])cc2Br)c1. The summed E-state index contributed by atoms with van der Waals surface area (Å²) in [6.07, 6.45) is -0.556. The second-order valence-corrected chi connectivity index (χ2v) is 5.42. The highest BCUT2D eigenvalue weighted by Gasteiger charge is 2.10. The Labute approximate surface area is 130 Å². The molecule has 0 fully saturated rings. The van der Waals surface area contributed by atoms with Crippen molar-refractivity contribution in [3.8, 4) is 5.75 Å². The predicted octanol–water partition coefficient (Wildman–Crippen LogP) is 3.99. The fraction of sp³-hybridized carbons (Fsp3) is 0.200. The van der Waals surface area contributed by atoms with Gasteiger partial charge in [-0.05, 0) is 30.7 Å². The molecule has 0 saturated heterocycles. The zero-order valence-corrected chi connectivity index (χ0v) is 12.9. The molecular formula is C15H14BrNO4. The van der Waals surface area contributed by atoms with E-state index in [0.29, 0.717) is 10.2 Å². The van der Waals surface area contributed by atoms with Crippen LogP contribution in [-0.2, 0) is 6.61 Å². The number of halogens is 1. The van der Waals surface area contributed by atoms with Gasteiger partial charge in [0.2, 0.25) is 0 Å². The molecule has 0 bridgehead atoms. The Balaban J connectivity index is 2.09. The van der Waals surface area contributed by atoms with E-state index in [2.05, 4.69) is 15.9 Å². The maximum atomic E-state index is 10.7. The molecule has 0 aliphatic carbocycles. The molecule has 2 aromatic carbocycles. The lowest BCUT2D eigenvalue weighted by atomic mass is 10.1. The maximum Gasteiger partial charge on any atom is 0.270 e. The average molecular weight is 352 g/mol. The minimum absolute atomic E-state index is 0.0294. The third kappa shape index (κ3) is 4.03. The van der Waals surface area contributed by atoms with Gasteiger partial charge >= 0.3 is 0 Å². The van der Waals surface area contributed by atoms with E-state index in [1.807, 2.05) is 12.1 Å². The number of nitrogens with zero attached hydrogens (tertiary/aromatic N) is 1. The Morgan fingerprint density at radius 1 is 1.33 bits per heavy atom. The lowest BCUT2D eigenvalue weighted by Gasteiger charge is -2.10. The van der Waals surface area contributed by atoms with Crippen LogP contribution in [-0.4, -0.2) is 10.0 Å². The molecule has 5 nitrogen and oxygen atoms in total. The molecule has 2 rings (SSSR count). The molecule has 0 aliphatic heterocycles. The van der Waals surface area contributed by atoms with Crippen molar-refractivity contribution in [2.45, 2.75) is 19.6 Å². The smallest absolute Gasteiger partial charge is 0.270 e. The van der Waals surface area contributed by atoms with Crippen molar-refractivity contribution in [3.05, 3.63) is 68.2 Å². The highest BCUT2D eigenvalue weighted by atomic mass is 79.9. The first kappa shape index (κ1) is 15.5. The third-order valence-electron chi connectivity index (χ3n) is 2.98. The van der Waals surface area contributed by atoms with Crippen LogP contribution in [0.5, 0.6) is 5.75 Å². The minimum Gasteiger partial charge on any atom is -0.489 e. The summed E-state index contributed by atoms with van der Waals surface area (Å²) in [5, 5.41) is 20.2. The molecule has 0 aliphatic rings. The number of non-ortho nitro benzene ring substituents is 1. The van der Waals surface area contributed by atoms with Gasteiger partial charge in [0.05, 0.1) is 11.0 Å². The van der Waals surface area contributed by atoms with Crippen LogP contribution in [0.25, 0.3) is 0 Å². The van der Waals surface area contributed by atoms with Crippen LogP contribution in [0.3, 0.4) is 0 Å². The first-order valence-corrected chi connectivity index (χ1v) is 7.10. The summed E-state index contributed by atoms with van der Waals surface area (Å²) >= 11 is 3.30. The van der Waals surface area contributed by atoms with E-state index in [0.717, 1.165) is 11.1 Å². The zero-order valence-electron chi connectivity index (χ0n) is 11.3. The molecule has 1 atom stereocenters. The molecule has 1 N–H and O–H groups in total. The van der Waals surface area contributed by atoms with Crippen molar-refractivity contribution in [2.75, 3.05) is 0 Å². The molecule has 6 heteroatoms. The third-order valence-corrected chi connectivity index (χ3v) is 3.72. The van der Waals surface area contributed by atoms with Gasteiger partial charge in [-0.3, -0.25) is 10.1 Å². The topological polar surface area (TPSA) is 72.6 Å². The second-order valence-electron chi connectivity index (χ2n) is 4.57. The number of rotatable bonds is 5. The summed E-state index contributed by atoms with van der Waals surface area (Å²) < 4.78 is 6.28. The van der Waals surface area contributed by atoms with Gasteiger partial charge in [-0.2, -0.15) is 0 Å². The van der Waals surface area contributed by atoms with Crippen LogP contribution in [0.2, 0.25) is 0 Å². The van der Waals surface area contributed by atoms with Crippen LogP contribution in [0.15, 0.2) is 46.9 Å². The van der Waals surface area contributed by atoms with Crippen molar-refractivity contribution in [1.82, 2.24) is 0 Å². The van der Waals surface area contributed by atoms with Crippen LogP contribution in [0.1, 0.15) is 24.2 Å². The molecule has 0 heterocycles. The van der Waals surface area contributed by atoms with Crippen molar-refractivity contribution in [2.24, 2.45) is 0 Å². The van der Waals surface area contributed by atoms with Gasteiger partial charge in [0.25, 0.3) is 5.69 Å². The molecule has 110 valence electrons. The number of nitro benzene ring substituents is 1. The van der Waals surface area contributed by atoms with Gasteiger partial charge in [-0.15, -0.1) is 0 Å². The lowest BCUT2D eigenvalue weighted by molar-refractivity contribution is -0.384. The van der Waals surface area contributed by atoms with E-state index in [1.54, 1.807) is 25.1 Å². The predicted molar refractivity (Wildman–Crippen MR) is 82.2 cm³/mol. The average Bonchev–Trinajstić information content (AvgIpc) is 2.46. The summed E-state index contributed by atoms with van der Waals surface area (Å²) in [5.74, 6) is 0.638. The van der Waals surface area contributed by atoms with E-state index >= 15 is 0 Å². The number of hydrogen-bond donors (Lipinski definition) is 1. The Hall–Kier alpha value is -1.92. The molecule has 0 amide bonds. The number of aliphatic hydroxyl groups excluding tert-OH is 1. The van der Waals surface area contributed by atoms with Gasteiger partial charge in [0.15, 0.2) is 0 Å². The largest absolute Gasteiger partial charge is 0.489 e. The van der Waals surface area contributed by atoms with E-state index in [1.165, 1.54) is 12.1 Å². The monoisotopic (exact) mass is 351 g/mol. The standard InChI is InChI=1S/C15H14BrNO4/c1-10(18)11-3-2-4-14(7-11)21-9-12-5-6-13(17(19)20)8-15(12)16/h2-8,10,18H,9H2,1H3/t10-/m0/s1. The summed E-state index contributed by atoms with van der Waals surface area (Å²) in [7, 11) is 0. The zero-order chi connectivity index (χ0) is 15.4. The number of nitro groups is 1. The van der Waals surface area contributed by atoms with Gasteiger partial charge in [-0.1, -0.05) is 28.1 Å². The van der Waals surface area contributed by atoms with Crippen molar-refractivity contribution in [3.63, 3.8) is 0 Å². The first-order chi connectivity index (χ1) is 9.97. The molecule has 0 unspecified atom stereocenters. The van der Waals surface area contributed by atoms with Crippen LogP contribution in [0, 0.1) is 10.1 Å². The number of ether oxygens (including phenoxy) is 1. The van der Waals surface area contributed by atoms with Crippen molar-refractivity contribution in [1.29, 1.82) is 0 Å². The van der Waals surface area contributed by atoms with Crippen LogP contribution >= 0.6 is 15.9 Å². The molecule has 0 spiro atoms. The van der Waals surface area contributed by atoms with E-state index < -0.39 is 11.0 Å². The quantitative estimate of drug-likeness (QED) is 0.652. The molecule has 21 heavy (non-hydrogen) atoms. The minimum atomic E-state index is -0.556. The summed E-state index contributed by atoms with van der Waals surface area (Å²) in [5.41, 5.74) is 1.61. The molecule has 0 aromatic heterocycles. The van der Waals surface area contributed by atoms with Crippen LogP contribution < -0.4 is 4.74 Å². The Morgan fingerprint density at radius 3 is 2.71 bits per heavy atom. The molecule has 0 radical (unpaired) electrons. The Morgan fingerprint density at radius 2 is 2.10 bits per heavy atom. The Bertz CT molecular complexity index is 658. The van der Waals surface area contributed by atoms with Gasteiger partial charge in [-0.25, -0.2) is 0 Å². The van der Waals surface area contributed by atoms with Crippen molar-refractivity contribution >= 4 is 21.6 Å². The van der Waals surface area contributed by atoms with Gasteiger partial charge in [0, 0.05) is 22.2 Å². The molecular weight excluding hydrogens is 338 g/mol. The fourth-order valence-electron chi connectivity index (χ4n) is 1.79. The lowest BCUT2D eigenvalue weighted by Crippen LogP contribution is -1.99. The number of hydrogen-bond acceptors (Lipinski definition) is 4. The van der Waals surface area contributed by atoms with E-state index in [-0.39, 0.29) is 12.3 Å². The Kier molecular flexibility index (Phi) is 4.93. The van der Waals surface area contributed by atoms with Gasteiger partial charge in [0.1, 0.15) is 12.4 Å². The second kappa shape index (κ2) is 6.69. The maximum absolute atomic E-state index is 10.7. The summed E-state index contributed by atoms with van der Waals surface area (Å²) in [4.78, 5) is 10.2. The normalized spacial score (nSPS) is 12.0. The first-order valence-electron chi connectivity index (χ1n) is 6.31. The highest BCUT2D eigenvalue weighted by Crippen LogP contribution is 2.25. The van der Waals surface area contributed by atoms with E-state index in [9.17, 15) is 15.2 Å².